The van der Waals surface area contributed by atoms with E-state index >= 15 is 0 Å². The van der Waals surface area contributed by atoms with Gasteiger partial charge in [0, 0.05) is 16.9 Å². The third-order valence-corrected chi connectivity index (χ3v) is 6.21. The van der Waals surface area contributed by atoms with Crippen LogP contribution in [0.25, 0.3) is 5.65 Å². The maximum Gasteiger partial charge on any atom is 0.213 e. The van der Waals surface area contributed by atoms with E-state index in [0.29, 0.717) is 21.4 Å². The Morgan fingerprint density at radius 3 is 2.78 bits per heavy atom. The van der Waals surface area contributed by atoms with Crippen molar-refractivity contribution < 1.29 is 8.42 Å². The van der Waals surface area contributed by atoms with Crippen molar-refractivity contribution in [2.75, 3.05) is 5.75 Å². The molecule has 0 N–H and O–H groups in total. The molecule has 0 aliphatic carbocycles. The van der Waals surface area contributed by atoms with Crippen LogP contribution in [-0.2, 0) is 9.84 Å². The van der Waals surface area contributed by atoms with Gasteiger partial charge in [0.15, 0.2) is 10.5 Å². The molecule has 0 saturated heterocycles. The minimum Gasteiger partial charge on any atom is -0.233 e. The van der Waals surface area contributed by atoms with Gasteiger partial charge in [0.05, 0.1) is 4.90 Å². The van der Waals surface area contributed by atoms with Gasteiger partial charge in [-0.3, -0.25) is 0 Å². The van der Waals surface area contributed by atoms with E-state index in [1.54, 1.807) is 24.4 Å². The second-order valence-corrected chi connectivity index (χ2v) is 8.44. The Bertz CT molecular complexity index is 984. The van der Waals surface area contributed by atoms with Gasteiger partial charge >= 0.3 is 0 Å². The number of benzene rings is 1. The van der Waals surface area contributed by atoms with E-state index in [1.807, 2.05) is 13.8 Å². The van der Waals surface area contributed by atoms with Crippen molar-refractivity contribution in [3.8, 4) is 0 Å². The first-order valence-corrected chi connectivity index (χ1v) is 9.77. The first kappa shape index (κ1) is 16.3. The Hall–Kier alpha value is -1.57. The molecule has 0 atom stereocenters. The molecule has 2 heterocycles. The monoisotopic (exact) mass is 367 g/mol. The molecule has 1 aromatic carbocycles. The maximum atomic E-state index is 13.1. The molecule has 2 aromatic heterocycles. The Labute approximate surface area is 143 Å². The highest BCUT2D eigenvalue weighted by Crippen LogP contribution is 2.33. The summed E-state index contributed by atoms with van der Waals surface area (Å²) in [5.74, 6) is 0.709. The molecule has 3 rings (SSSR count). The number of fused-ring (bicyclic) bond motifs is 1. The van der Waals surface area contributed by atoms with Gasteiger partial charge in [0.1, 0.15) is 5.03 Å². The second kappa shape index (κ2) is 6.14. The Balaban J connectivity index is 2.32. The molecule has 8 heteroatoms. The van der Waals surface area contributed by atoms with Gasteiger partial charge in [-0.25, -0.2) is 17.9 Å². The van der Waals surface area contributed by atoms with Gasteiger partial charge in [-0.1, -0.05) is 24.6 Å². The number of thioether (sulfide) groups is 1. The number of sulfone groups is 1. The summed E-state index contributed by atoms with van der Waals surface area (Å²) in [5.41, 5.74) is 1.06. The summed E-state index contributed by atoms with van der Waals surface area (Å²) in [6.07, 6.45) is 1.72. The third-order valence-electron chi connectivity index (χ3n) is 3.21. The minimum atomic E-state index is -3.77. The molecule has 0 saturated carbocycles. The lowest BCUT2D eigenvalue weighted by Gasteiger charge is -2.05. The first-order valence-electron chi connectivity index (χ1n) is 6.93. The van der Waals surface area contributed by atoms with Crippen LogP contribution in [0.15, 0.2) is 51.3 Å². The predicted molar refractivity (Wildman–Crippen MR) is 91.0 cm³/mol. The number of rotatable bonds is 4. The summed E-state index contributed by atoms with van der Waals surface area (Å²) in [4.78, 5) is 4.64. The molecule has 0 amide bonds. The van der Waals surface area contributed by atoms with Crippen molar-refractivity contribution in [2.45, 2.75) is 28.7 Å². The van der Waals surface area contributed by atoms with E-state index in [9.17, 15) is 8.42 Å². The SMILES string of the molecule is CCSc1nn2ccc(C)nc2c1S(=O)(=O)c1cccc(Cl)c1. The lowest BCUT2D eigenvalue weighted by molar-refractivity contribution is 0.594. The summed E-state index contributed by atoms with van der Waals surface area (Å²) in [7, 11) is -3.77. The standard InChI is InChI=1S/C15H14ClN3O2S2/c1-3-22-15-13(14-17-10(2)7-8-19(14)18-15)23(20,21)12-6-4-5-11(16)9-12/h4-9H,3H2,1-2H3. The second-order valence-electron chi connectivity index (χ2n) is 4.87. The zero-order valence-corrected chi connectivity index (χ0v) is 14.9. The van der Waals surface area contributed by atoms with E-state index in [1.165, 1.54) is 28.4 Å². The normalized spacial score (nSPS) is 12.0. The third kappa shape index (κ3) is 2.96. The van der Waals surface area contributed by atoms with Crippen LogP contribution in [0.1, 0.15) is 12.6 Å². The number of hydrogen-bond donors (Lipinski definition) is 0. The molecular weight excluding hydrogens is 354 g/mol. The molecule has 0 aliphatic rings. The van der Waals surface area contributed by atoms with Crippen LogP contribution in [0.4, 0.5) is 0 Å². The van der Waals surface area contributed by atoms with Crippen molar-refractivity contribution >= 4 is 38.8 Å². The zero-order valence-electron chi connectivity index (χ0n) is 12.5. The van der Waals surface area contributed by atoms with Crippen LogP contribution < -0.4 is 0 Å². The van der Waals surface area contributed by atoms with E-state index < -0.39 is 9.84 Å². The van der Waals surface area contributed by atoms with E-state index in [0.717, 1.165) is 5.69 Å². The molecule has 23 heavy (non-hydrogen) atoms. The largest absolute Gasteiger partial charge is 0.233 e. The smallest absolute Gasteiger partial charge is 0.213 e. The van der Waals surface area contributed by atoms with Gasteiger partial charge in [0.2, 0.25) is 9.84 Å². The summed E-state index contributed by atoms with van der Waals surface area (Å²) < 4.78 is 27.7. The fourth-order valence-electron chi connectivity index (χ4n) is 2.20. The molecule has 5 nitrogen and oxygen atoms in total. The van der Waals surface area contributed by atoms with Crippen LogP contribution in [0, 0.1) is 6.92 Å². The van der Waals surface area contributed by atoms with Crippen LogP contribution >= 0.6 is 23.4 Å². The predicted octanol–water partition coefficient (Wildman–Crippen LogP) is 3.64. The number of halogens is 1. The summed E-state index contributed by atoms with van der Waals surface area (Å²) >= 11 is 7.33. The number of aryl methyl sites for hydroxylation is 1. The van der Waals surface area contributed by atoms with Crippen LogP contribution in [0.5, 0.6) is 0 Å². The first-order chi connectivity index (χ1) is 10.9. The average Bonchev–Trinajstić information content (AvgIpc) is 2.85. The van der Waals surface area contributed by atoms with Gasteiger partial charge in [-0.15, -0.1) is 11.8 Å². The van der Waals surface area contributed by atoms with Crippen LogP contribution in [0.3, 0.4) is 0 Å². The number of hydrogen-bond acceptors (Lipinski definition) is 5. The van der Waals surface area contributed by atoms with E-state index in [-0.39, 0.29) is 9.79 Å². The molecule has 0 spiro atoms. The molecule has 0 aliphatic heterocycles. The average molecular weight is 368 g/mol. The van der Waals surface area contributed by atoms with Crippen molar-refractivity contribution in [1.29, 1.82) is 0 Å². The Morgan fingerprint density at radius 2 is 2.09 bits per heavy atom. The molecule has 3 aromatic rings. The number of aromatic nitrogens is 3. The lowest BCUT2D eigenvalue weighted by Crippen LogP contribution is -2.04. The Kier molecular flexibility index (Phi) is 4.35. The molecular formula is C15H14ClN3O2S2. The fourth-order valence-corrected chi connectivity index (χ4v) is 5.03. The van der Waals surface area contributed by atoms with E-state index in [4.69, 9.17) is 11.6 Å². The summed E-state index contributed by atoms with van der Waals surface area (Å²) in [5, 5.41) is 5.18. The Morgan fingerprint density at radius 1 is 1.30 bits per heavy atom. The highest BCUT2D eigenvalue weighted by atomic mass is 35.5. The fraction of sp³-hybridized carbons (Fsp3) is 0.200. The topological polar surface area (TPSA) is 64.3 Å². The lowest BCUT2D eigenvalue weighted by atomic mass is 10.4. The van der Waals surface area contributed by atoms with Crippen molar-refractivity contribution in [3.63, 3.8) is 0 Å². The highest BCUT2D eigenvalue weighted by Gasteiger charge is 2.28. The van der Waals surface area contributed by atoms with Gasteiger partial charge in [0.25, 0.3) is 0 Å². The molecule has 120 valence electrons. The van der Waals surface area contributed by atoms with Gasteiger partial charge in [-0.05, 0) is 36.9 Å². The van der Waals surface area contributed by atoms with Crippen molar-refractivity contribution in [2.24, 2.45) is 0 Å². The van der Waals surface area contributed by atoms with E-state index in [2.05, 4.69) is 10.1 Å². The number of nitrogens with zero attached hydrogens (tertiary/aromatic N) is 3. The van der Waals surface area contributed by atoms with Gasteiger partial charge < -0.3 is 0 Å². The van der Waals surface area contributed by atoms with Crippen LogP contribution in [-0.4, -0.2) is 28.8 Å². The molecule has 0 radical (unpaired) electrons. The molecule has 0 fully saturated rings. The molecule has 0 bridgehead atoms. The maximum absolute atomic E-state index is 13.1. The highest BCUT2D eigenvalue weighted by molar-refractivity contribution is 8.00. The molecule has 0 unspecified atom stereocenters. The van der Waals surface area contributed by atoms with Gasteiger partial charge in [-0.2, -0.15) is 5.10 Å². The zero-order chi connectivity index (χ0) is 16.6. The quantitative estimate of drug-likeness (QED) is 0.659. The summed E-state index contributed by atoms with van der Waals surface area (Å²) in [6.45, 7) is 3.76. The minimum absolute atomic E-state index is 0.135. The van der Waals surface area contributed by atoms with Crippen molar-refractivity contribution in [1.82, 2.24) is 14.6 Å². The summed E-state index contributed by atoms with van der Waals surface area (Å²) in [6, 6.07) is 8.01. The van der Waals surface area contributed by atoms with Crippen LogP contribution in [0.2, 0.25) is 5.02 Å². The van der Waals surface area contributed by atoms with Crippen molar-refractivity contribution in [3.05, 3.63) is 47.2 Å².